The molecule has 1 heterocycles. The monoisotopic (exact) mass is 272 g/mol. The lowest BCUT2D eigenvalue weighted by Crippen LogP contribution is -2.47. The van der Waals surface area contributed by atoms with E-state index < -0.39 is 0 Å². The summed E-state index contributed by atoms with van der Waals surface area (Å²) >= 11 is 0. The molecule has 2 aliphatic rings. The number of amidine groups is 1. The molecule has 106 valence electrons. The maximum Gasteiger partial charge on any atom is 0.253 e. The first-order chi connectivity index (χ1) is 9.63. The van der Waals surface area contributed by atoms with Crippen LogP contribution in [-0.2, 0) is 6.42 Å². The highest BCUT2D eigenvalue weighted by Crippen LogP contribution is 2.28. The maximum atomic E-state index is 9.73. The standard InChI is InChI=1S/C16H20N2O2/c1-11-4-2-5-12(8-11)9-15-17-16(20)14(19)10-18(15)13-6-3-7-13/h2,4-5,8,13,19-20H,3,6-7,9-10H2,1H3. The normalized spacial score (nSPS) is 19.9. The summed E-state index contributed by atoms with van der Waals surface area (Å²) in [5, 5.41) is 19.4. The molecule has 1 aliphatic carbocycles. The second-order valence-electron chi connectivity index (χ2n) is 5.68. The number of aryl methyl sites for hydroxylation is 1. The van der Waals surface area contributed by atoms with Crippen molar-refractivity contribution in [3.8, 4) is 0 Å². The Balaban J connectivity index is 1.85. The number of benzene rings is 1. The zero-order chi connectivity index (χ0) is 14.1. The Labute approximate surface area is 119 Å². The minimum atomic E-state index is -0.233. The molecular weight excluding hydrogens is 252 g/mol. The summed E-state index contributed by atoms with van der Waals surface area (Å²) in [5.41, 5.74) is 2.40. The summed E-state index contributed by atoms with van der Waals surface area (Å²) in [6, 6.07) is 8.77. The highest BCUT2D eigenvalue weighted by Gasteiger charge is 2.31. The van der Waals surface area contributed by atoms with Gasteiger partial charge in [0.2, 0.25) is 0 Å². The van der Waals surface area contributed by atoms with Gasteiger partial charge in [0, 0.05) is 12.5 Å². The number of aliphatic hydroxyl groups is 2. The first kappa shape index (κ1) is 13.0. The average Bonchev–Trinajstić information content (AvgIpc) is 2.33. The second kappa shape index (κ2) is 5.19. The molecule has 0 atom stereocenters. The lowest BCUT2D eigenvalue weighted by molar-refractivity contribution is 0.179. The fourth-order valence-corrected chi connectivity index (χ4v) is 2.76. The highest BCUT2D eigenvalue weighted by molar-refractivity contribution is 5.86. The van der Waals surface area contributed by atoms with Crippen LogP contribution in [0.2, 0.25) is 0 Å². The van der Waals surface area contributed by atoms with Gasteiger partial charge in [0.25, 0.3) is 5.88 Å². The lowest BCUT2D eigenvalue weighted by atomic mass is 9.90. The third-order valence-corrected chi connectivity index (χ3v) is 4.10. The van der Waals surface area contributed by atoms with Gasteiger partial charge in [-0.15, -0.1) is 0 Å². The zero-order valence-corrected chi connectivity index (χ0v) is 11.7. The van der Waals surface area contributed by atoms with Crippen molar-refractivity contribution in [2.24, 2.45) is 4.99 Å². The Kier molecular flexibility index (Phi) is 3.38. The van der Waals surface area contributed by atoms with Crippen LogP contribution in [0.1, 0.15) is 30.4 Å². The Morgan fingerprint density at radius 3 is 2.75 bits per heavy atom. The van der Waals surface area contributed by atoms with Crippen LogP contribution in [0.5, 0.6) is 0 Å². The van der Waals surface area contributed by atoms with E-state index in [9.17, 15) is 10.2 Å². The average molecular weight is 272 g/mol. The van der Waals surface area contributed by atoms with Crippen LogP contribution in [-0.4, -0.2) is 33.5 Å². The fraction of sp³-hybridized carbons (Fsp3) is 0.438. The van der Waals surface area contributed by atoms with Gasteiger partial charge in [0.1, 0.15) is 5.84 Å². The SMILES string of the molecule is Cc1cccc(CC2=NC(O)=C(O)CN2C2CCC2)c1. The molecule has 20 heavy (non-hydrogen) atoms. The number of hydrogen-bond acceptors (Lipinski definition) is 4. The predicted molar refractivity (Wildman–Crippen MR) is 78.9 cm³/mol. The molecule has 4 nitrogen and oxygen atoms in total. The minimum absolute atomic E-state index is 0.0232. The largest absolute Gasteiger partial charge is 0.506 e. The van der Waals surface area contributed by atoms with Gasteiger partial charge in [-0.2, -0.15) is 4.99 Å². The van der Waals surface area contributed by atoms with Crippen molar-refractivity contribution in [2.45, 2.75) is 38.6 Å². The molecule has 1 aromatic carbocycles. The molecule has 2 N–H and O–H groups in total. The van der Waals surface area contributed by atoms with Gasteiger partial charge in [0.15, 0.2) is 5.76 Å². The van der Waals surface area contributed by atoms with E-state index in [1.54, 1.807) is 0 Å². The van der Waals surface area contributed by atoms with Crippen molar-refractivity contribution >= 4 is 5.84 Å². The molecule has 1 fully saturated rings. The van der Waals surface area contributed by atoms with Gasteiger partial charge in [0.05, 0.1) is 6.54 Å². The molecule has 0 radical (unpaired) electrons. The quantitative estimate of drug-likeness (QED) is 0.889. The van der Waals surface area contributed by atoms with Crippen molar-refractivity contribution in [1.82, 2.24) is 4.90 Å². The first-order valence-electron chi connectivity index (χ1n) is 7.14. The molecular formula is C16H20N2O2. The molecule has 1 saturated carbocycles. The predicted octanol–water partition coefficient (Wildman–Crippen LogP) is 3.09. The Bertz CT molecular complexity index is 574. The smallest absolute Gasteiger partial charge is 0.253 e. The van der Waals surface area contributed by atoms with Crippen molar-refractivity contribution in [1.29, 1.82) is 0 Å². The molecule has 0 saturated heterocycles. The molecule has 4 heteroatoms. The van der Waals surface area contributed by atoms with E-state index in [0.29, 0.717) is 19.0 Å². The summed E-state index contributed by atoms with van der Waals surface area (Å²) in [7, 11) is 0. The molecule has 1 aliphatic heterocycles. The Morgan fingerprint density at radius 1 is 1.30 bits per heavy atom. The maximum absolute atomic E-state index is 9.73. The third kappa shape index (κ3) is 2.50. The van der Waals surface area contributed by atoms with Gasteiger partial charge in [-0.05, 0) is 31.7 Å². The number of aliphatic imine (C=N–C) groups is 1. The topological polar surface area (TPSA) is 56.1 Å². The van der Waals surface area contributed by atoms with Crippen molar-refractivity contribution in [3.63, 3.8) is 0 Å². The Morgan fingerprint density at radius 2 is 2.10 bits per heavy atom. The van der Waals surface area contributed by atoms with Gasteiger partial charge in [-0.25, -0.2) is 0 Å². The first-order valence-corrected chi connectivity index (χ1v) is 7.14. The summed E-state index contributed by atoms with van der Waals surface area (Å²) < 4.78 is 0. The summed E-state index contributed by atoms with van der Waals surface area (Å²) in [4.78, 5) is 6.34. The van der Waals surface area contributed by atoms with Gasteiger partial charge in [-0.1, -0.05) is 29.8 Å². The summed E-state index contributed by atoms with van der Waals surface area (Å²) in [6.45, 7) is 2.44. The van der Waals surface area contributed by atoms with Crippen LogP contribution in [0, 0.1) is 6.92 Å². The van der Waals surface area contributed by atoms with Crippen molar-refractivity contribution in [2.75, 3.05) is 6.54 Å². The summed E-state index contributed by atoms with van der Waals surface area (Å²) in [6.07, 6.45) is 4.20. The highest BCUT2D eigenvalue weighted by atomic mass is 16.3. The van der Waals surface area contributed by atoms with E-state index in [-0.39, 0.29) is 11.6 Å². The number of rotatable bonds is 3. The third-order valence-electron chi connectivity index (χ3n) is 4.10. The van der Waals surface area contributed by atoms with Crippen LogP contribution in [0.4, 0.5) is 0 Å². The molecule has 1 aromatic rings. The molecule has 0 aromatic heterocycles. The number of hydrogen-bond donors (Lipinski definition) is 2. The van der Waals surface area contributed by atoms with Gasteiger partial charge >= 0.3 is 0 Å². The van der Waals surface area contributed by atoms with Crippen LogP contribution < -0.4 is 0 Å². The second-order valence-corrected chi connectivity index (χ2v) is 5.68. The lowest BCUT2D eigenvalue weighted by Gasteiger charge is -2.40. The van der Waals surface area contributed by atoms with Crippen LogP contribution in [0.15, 0.2) is 40.9 Å². The van der Waals surface area contributed by atoms with E-state index in [2.05, 4.69) is 35.0 Å². The zero-order valence-electron chi connectivity index (χ0n) is 11.7. The molecule has 3 rings (SSSR count). The van der Waals surface area contributed by atoms with Crippen LogP contribution in [0.25, 0.3) is 0 Å². The van der Waals surface area contributed by atoms with E-state index in [0.717, 1.165) is 18.7 Å². The molecule has 0 spiro atoms. The molecule has 0 amide bonds. The van der Waals surface area contributed by atoms with E-state index in [4.69, 9.17) is 0 Å². The number of nitrogens with zero attached hydrogens (tertiary/aromatic N) is 2. The van der Waals surface area contributed by atoms with E-state index >= 15 is 0 Å². The van der Waals surface area contributed by atoms with Crippen LogP contribution >= 0.6 is 0 Å². The van der Waals surface area contributed by atoms with Crippen LogP contribution in [0.3, 0.4) is 0 Å². The molecule has 0 unspecified atom stereocenters. The molecule has 0 bridgehead atoms. The Hall–Kier alpha value is -1.97. The van der Waals surface area contributed by atoms with E-state index in [1.807, 2.05) is 6.07 Å². The number of aliphatic hydroxyl groups excluding tert-OH is 2. The minimum Gasteiger partial charge on any atom is -0.506 e. The summed E-state index contributed by atoms with van der Waals surface area (Å²) in [5.74, 6) is 0.601. The fourth-order valence-electron chi connectivity index (χ4n) is 2.76. The van der Waals surface area contributed by atoms with Gasteiger partial charge < -0.3 is 15.1 Å². The van der Waals surface area contributed by atoms with Gasteiger partial charge in [-0.3, -0.25) is 0 Å². The van der Waals surface area contributed by atoms with Crippen molar-refractivity contribution < 1.29 is 10.2 Å². The van der Waals surface area contributed by atoms with Crippen molar-refractivity contribution in [3.05, 3.63) is 47.0 Å². The van der Waals surface area contributed by atoms with E-state index in [1.165, 1.54) is 17.5 Å².